The third-order valence-electron chi connectivity index (χ3n) is 9.05. The number of Topliss-reactive ketones (excluding diaryl/α,β-unsaturated/α-hetero) is 1. The van der Waals surface area contributed by atoms with Crippen molar-refractivity contribution in [1.29, 1.82) is 0 Å². The van der Waals surface area contributed by atoms with Crippen LogP contribution in [-0.2, 0) is 11.2 Å². The molecule has 42 heavy (non-hydrogen) atoms. The molecule has 0 amide bonds. The molecule has 3 aromatic carbocycles. The number of aliphatic hydroxyl groups is 1. The number of ether oxygens (including phenoxy) is 4. The van der Waals surface area contributed by atoms with Crippen LogP contribution in [0, 0.1) is 12.3 Å². The van der Waals surface area contributed by atoms with Gasteiger partial charge in [-0.2, -0.15) is 0 Å². The second-order valence-corrected chi connectivity index (χ2v) is 11.1. The molecule has 4 unspecified atom stereocenters. The molecule has 9 heteroatoms. The van der Waals surface area contributed by atoms with Crippen LogP contribution in [0.3, 0.4) is 0 Å². The van der Waals surface area contributed by atoms with Crippen LogP contribution in [0.2, 0.25) is 0 Å². The number of aryl methyl sites for hydroxylation is 1. The second kappa shape index (κ2) is 8.87. The first kappa shape index (κ1) is 26.2. The maximum atomic E-state index is 14.8. The van der Waals surface area contributed by atoms with Gasteiger partial charge >= 0.3 is 5.97 Å². The molecule has 3 aliphatic carbocycles. The molecule has 1 heterocycles. The van der Waals surface area contributed by atoms with Gasteiger partial charge in [0.25, 0.3) is 0 Å². The number of fused-ring (bicyclic) bond motifs is 6. The van der Waals surface area contributed by atoms with E-state index in [-0.39, 0.29) is 57.1 Å². The lowest BCUT2D eigenvalue weighted by Gasteiger charge is -2.42. The first-order valence-electron chi connectivity index (χ1n) is 13.5. The number of aliphatic hydroxyl groups excluding tert-OH is 1. The highest BCUT2D eigenvalue weighted by atomic mass is 16.6. The highest BCUT2D eigenvalue weighted by Gasteiger charge is 2.64. The van der Waals surface area contributed by atoms with Crippen LogP contribution in [-0.4, -0.2) is 62.0 Å². The minimum absolute atomic E-state index is 0.00864. The molecule has 1 spiro atoms. The number of ketones is 3. The number of allylic oxidation sites excluding steroid dienone is 1. The van der Waals surface area contributed by atoms with Crippen molar-refractivity contribution in [3.8, 4) is 17.2 Å². The largest absolute Gasteiger partial charge is 0.496 e. The van der Waals surface area contributed by atoms with Crippen LogP contribution in [0.15, 0.2) is 48.6 Å². The van der Waals surface area contributed by atoms with Crippen LogP contribution >= 0.6 is 0 Å². The minimum Gasteiger partial charge on any atom is -0.496 e. The van der Waals surface area contributed by atoms with Crippen molar-refractivity contribution < 1.29 is 43.2 Å². The van der Waals surface area contributed by atoms with Gasteiger partial charge in [0.1, 0.15) is 35.0 Å². The fourth-order valence-electron chi connectivity index (χ4n) is 7.35. The molecule has 1 N–H and O–H groups in total. The van der Waals surface area contributed by atoms with E-state index in [1.54, 1.807) is 49.4 Å². The van der Waals surface area contributed by atoms with E-state index in [9.17, 15) is 24.3 Å². The Morgan fingerprint density at radius 1 is 0.810 bits per heavy atom. The van der Waals surface area contributed by atoms with Crippen LogP contribution in [0.5, 0.6) is 17.2 Å². The van der Waals surface area contributed by atoms with E-state index in [1.807, 2.05) is 0 Å². The molecule has 1 aliphatic heterocycles. The smallest absolute Gasteiger partial charge is 0.343 e. The molecular weight excluding hydrogens is 540 g/mol. The van der Waals surface area contributed by atoms with Crippen LogP contribution in [0.25, 0.3) is 0 Å². The Morgan fingerprint density at radius 2 is 1.52 bits per heavy atom. The number of hydrogen-bond donors (Lipinski definition) is 1. The van der Waals surface area contributed by atoms with E-state index >= 15 is 0 Å². The van der Waals surface area contributed by atoms with Crippen LogP contribution < -0.4 is 14.2 Å². The molecule has 0 saturated heterocycles. The predicted octanol–water partition coefficient (Wildman–Crippen LogP) is 3.77. The lowest BCUT2D eigenvalue weighted by Crippen LogP contribution is -2.53. The summed E-state index contributed by atoms with van der Waals surface area (Å²) >= 11 is 0. The van der Waals surface area contributed by atoms with Gasteiger partial charge in [-0.15, -0.1) is 0 Å². The predicted molar refractivity (Wildman–Crippen MR) is 148 cm³/mol. The maximum Gasteiger partial charge on any atom is 0.343 e. The molecule has 3 aromatic rings. The van der Waals surface area contributed by atoms with E-state index in [2.05, 4.69) is 0 Å². The van der Waals surface area contributed by atoms with Gasteiger partial charge < -0.3 is 24.1 Å². The second-order valence-electron chi connectivity index (χ2n) is 11.1. The molecule has 0 saturated carbocycles. The minimum atomic E-state index is -1.49. The average Bonchev–Trinajstić information content (AvgIpc) is 3.29. The van der Waals surface area contributed by atoms with E-state index in [4.69, 9.17) is 18.9 Å². The van der Waals surface area contributed by atoms with Gasteiger partial charge in [0.05, 0.1) is 37.9 Å². The van der Waals surface area contributed by atoms with Crippen molar-refractivity contribution >= 4 is 23.3 Å². The Balaban J connectivity index is 1.52. The van der Waals surface area contributed by atoms with Gasteiger partial charge in [-0.3, -0.25) is 14.4 Å². The van der Waals surface area contributed by atoms with Crippen molar-refractivity contribution in [2.45, 2.75) is 31.5 Å². The van der Waals surface area contributed by atoms with E-state index in [0.29, 0.717) is 16.7 Å². The number of rotatable bonds is 3. The Hall–Kier alpha value is -4.76. The molecule has 4 atom stereocenters. The summed E-state index contributed by atoms with van der Waals surface area (Å²) in [5, 5.41) is 11.2. The quantitative estimate of drug-likeness (QED) is 0.291. The number of methoxy groups -OCH3 is 3. The molecule has 9 nitrogen and oxygen atoms in total. The van der Waals surface area contributed by atoms with Gasteiger partial charge in [0, 0.05) is 22.6 Å². The number of carbonyl (C=O) groups excluding carboxylic acids is 4. The van der Waals surface area contributed by atoms with E-state index in [1.165, 1.54) is 27.4 Å². The Morgan fingerprint density at radius 3 is 2.24 bits per heavy atom. The topological polar surface area (TPSA) is 125 Å². The highest BCUT2D eigenvalue weighted by molar-refractivity contribution is 6.31. The standard InChI is InChI=1S/C33H26O9/c1-14-10-17-25(21(11-14)40-3)32(38)42-31-19(34)9-8-18-23-15(13-33(18,31)30(17)37)12-22(41-4)26-27(23)28(35)16-6-5-7-20(39-2)24(16)29(26)36/h5-12,18-19,31,34H,13H2,1-4H3. The van der Waals surface area contributed by atoms with Crippen molar-refractivity contribution in [2.75, 3.05) is 21.3 Å². The first-order chi connectivity index (χ1) is 20.2. The molecular formula is C33H26O9. The fraction of sp³-hybridized carbons (Fsp3) is 0.273. The van der Waals surface area contributed by atoms with Crippen molar-refractivity contribution in [1.82, 2.24) is 0 Å². The number of hydrogen-bond acceptors (Lipinski definition) is 9. The third kappa shape index (κ3) is 3.11. The molecule has 0 bridgehead atoms. The van der Waals surface area contributed by atoms with Crippen molar-refractivity contribution in [3.05, 3.63) is 98.6 Å². The summed E-state index contributed by atoms with van der Waals surface area (Å²) in [5.74, 6) is -2.18. The molecule has 0 radical (unpaired) electrons. The summed E-state index contributed by atoms with van der Waals surface area (Å²) in [5.41, 5.74) is 0.960. The van der Waals surface area contributed by atoms with Crippen molar-refractivity contribution in [2.24, 2.45) is 5.41 Å². The molecule has 0 aromatic heterocycles. The summed E-state index contributed by atoms with van der Waals surface area (Å²) in [6.45, 7) is 1.79. The maximum absolute atomic E-state index is 14.8. The first-order valence-corrected chi connectivity index (χ1v) is 13.5. The Kier molecular flexibility index (Phi) is 5.52. The van der Waals surface area contributed by atoms with Gasteiger partial charge in [-0.25, -0.2) is 4.79 Å². The Bertz CT molecular complexity index is 1820. The fourth-order valence-corrected chi connectivity index (χ4v) is 7.35. The normalized spacial score (nSPS) is 24.8. The average molecular weight is 567 g/mol. The van der Waals surface area contributed by atoms with Gasteiger partial charge in [0.2, 0.25) is 5.78 Å². The third-order valence-corrected chi connectivity index (χ3v) is 9.05. The number of esters is 1. The molecule has 212 valence electrons. The van der Waals surface area contributed by atoms with E-state index < -0.39 is 46.9 Å². The van der Waals surface area contributed by atoms with Gasteiger partial charge in [-0.1, -0.05) is 24.3 Å². The monoisotopic (exact) mass is 566 g/mol. The molecule has 4 aliphatic rings. The summed E-state index contributed by atoms with van der Waals surface area (Å²) in [7, 11) is 4.24. The lowest BCUT2D eigenvalue weighted by molar-refractivity contribution is -0.0580. The summed E-state index contributed by atoms with van der Waals surface area (Å²) < 4.78 is 22.5. The molecule has 7 rings (SSSR count). The lowest BCUT2D eigenvalue weighted by atomic mass is 9.62. The number of carbonyl (C=O) groups is 4. The zero-order chi connectivity index (χ0) is 29.7. The highest BCUT2D eigenvalue weighted by Crippen LogP contribution is 2.60. The summed E-state index contributed by atoms with van der Waals surface area (Å²) in [6.07, 6.45) is 0.648. The summed E-state index contributed by atoms with van der Waals surface area (Å²) in [4.78, 5) is 56.5. The Labute approximate surface area is 240 Å². The summed E-state index contributed by atoms with van der Waals surface area (Å²) in [6, 6.07) is 9.77. The van der Waals surface area contributed by atoms with Gasteiger partial charge in [-0.05, 0) is 54.3 Å². The zero-order valence-electron chi connectivity index (χ0n) is 23.3. The van der Waals surface area contributed by atoms with E-state index in [0.717, 1.165) is 0 Å². The SMILES string of the molecule is COc1cc(C)cc2c1C(=O)OC1C(O)C=CC3c4c(cc(OC)c5c4C(=O)c4cccc(OC)c4C5=O)CC31C2=O. The van der Waals surface area contributed by atoms with Crippen LogP contribution in [0.4, 0.5) is 0 Å². The molecule has 0 fully saturated rings. The van der Waals surface area contributed by atoms with Crippen molar-refractivity contribution in [3.63, 3.8) is 0 Å². The van der Waals surface area contributed by atoms with Gasteiger partial charge in [0.15, 0.2) is 11.6 Å². The van der Waals surface area contributed by atoms with Crippen LogP contribution in [0.1, 0.15) is 75.2 Å². The zero-order valence-corrected chi connectivity index (χ0v) is 23.3. The number of benzene rings is 3.